The van der Waals surface area contributed by atoms with E-state index in [1.165, 1.54) is 30.4 Å². The predicted molar refractivity (Wildman–Crippen MR) is 123 cm³/mol. The Morgan fingerprint density at radius 2 is 1.63 bits per heavy atom. The maximum Gasteiger partial charge on any atom is 0.219 e. The van der Waals surface area contributed by atoms with Gasteiger partial charge in [-0.2, -0.15) is 0 Å². The number of aromatic hydroxyl groups is 1. The zero-order valence-electron chi connectivity index (χ0n) is 18.7. The molecule has 1 aliphatic carbocycles. The molecular formula is C26H36N2O2. The number of carbonyl (C=O) groups excluding carboxylic acids is 1. The van der Waals surface area contributed by atoms with Crippen molar-refractivity contribution in [3.63, 3.8) is 0 Å². The van der Waals surface area contributed by atoms with E-state index in [1.54, 1.807) is 11.8 Å². The molecule has 1 heterocycles. The summed E-state index contributed by atoms with van der Waals surface area (Å²) in [5, 5.41) is 13.9. The number of phenolic OH excluding ortho intramolecular Hbond substituents is 1. The van der Waals surface area contributed by atoms with Crippen LogP contribution < -0.4 is 5.32 Å². The first-order valence-corrected chi connectivity index (χ1v) is 11.3. The number of nitrogens with zero attached hydrogens (tertiary/aromatic N) is 1. The lowest BCUT2D eigenvalue weighted by atomic mass is 9.61. The highest BCUT2D eigenvalue weighted by molar-refractivity contribution is 5.73. The average molecular weight is 409 g/mol. The number of hydrogen-bond donors (Lipinski definition) is 2. The van der Waals surface area contributed by atoms with E-state index in [-0.39, 0.29) is 5.91 Å². The van der Waals surface area contributed by atoms with Crippen LogP contribution in [0.5, 0.6) is 5.75 Å². The SMILES string of the molecule is CCN(CC)C(C)=O.Oc1ccccc1C1CC2(CCNCC2)Cc2ccccc21. The van der Waals surface area contributed by atoms with Crippen LogP contribution in [-0.4, -0.2) is 42.1 Å². The van der Waals surface area contributed by atoms with E-state index in [4.69, 9.17) is 0 Å². The van der Waals surface area contributed by atoms with Gasteiger partial charge >= 0.3 is 0 Å². The first-order valence-electron chi connectivity index (χ1n) is 11.3. The largest absolute Gasteiger partial charge is 0.508 e. The lowest BCUT2D eigenvalue weighted by Crippen LogP contribution is -2.41. The minimum Gasteiger partial charge on any atom is -0.508 e. The molecule has 1 saturated heterocycles. The molecule has 4 rings (SSSR count). The quantitative estimate of drug-likeness (QED) is 0.773. The standard InChI is InChI=1S/C20H23NO.C6H13NO/c22-19-8-4-3-7-17(19)18-14-20(9-11-21-12-10-20)13-15-5-1-2-6-16(15)18;1-4-7(5-2)6(3)8/h1-8,18,21-22H,9-14H2;4-5H2,1-3H3. The fourth-order valence-electron chi connectivity index (χ4n) is 5.12. The van der Waals surface area contributed by atoms with Gasteiger partial charge in [-0.05, 0) is 75.2 Å². The van der Waals surface area contributed by atoms with Crippen LogP contribution >= 0.6 is 0 Å². The van der Waals surface area contributed by atoms with E-state index in [0.29, 0.717) is 17.1 Å². The Balaban J connectivity index is 0.000000275. The van der Waals surface area contributed by atoms with Gasteiger partial charge in [-0.3, -0.25) is 4.79 Å². The summed E-state index contributed by atoms with van der Waals surface area (Å²) in [4.78, 5) is 12.3. The summed E-state index contributed by atoms with van der Waals surface area (Å²) in [6.45, 7) is 9.44. The molecule has 1 spiro atoms. The zero-order chi connectivity index (χ0) is 21.6. The van der Waals surface area contributed by atoms with Gasteiger partial charge < -0.3 is 15.3 Å². The van der Waals surface area contributed by atoms with Crippen molar-refractivity contribution in [1.82, 2.24) is 10.2 Å². The molecule has 0 bridgehead atoms. The van der Waals surface area contributed by atoms with Gasteiger partial charge in [0.05, 0.1) is 0 Å². The smallest absolute Gasteiger partial charge is 0.219 e. The number of rotatable bonds is 3. The zero-order valence-corrected chi connectivity index (χ0v) is 18.7. The highest BCUT2D eigenvalue weighted by Crippen LogP contribution is 2.50. The second-order valence-electron chi connectivity index (χ2n) is 8.63. The summed E-state index contributed by atoms with van der Waals surface area (Å²) >= 11 is 0. The molecule has 4 nitrogen and oxygen atoms in total. The van der Waals surface area contributed by atoms with E-state index in [2.05, 4.69) is 35.6 Å². The molecule has 0 radical (unpaired) electrons. The van der Waals surface area contributed by atoms with Crippen LogP contribution in [0.25, 0.3) is 0 Å². The van der Waals surface area contributed by atoms with Crippen molar-refractivity contribution >= 4 is 5.91 Å². The van der Waals surface area contributed by atoms with Crippen molar-refractivity contribution in [2.24, 2.45) is 5.41 Å². The molecule has 0 saturated carbocycles. The number of fused-ring (bicyclic) bond motifs is 1. The lowest BCUT2D eigenvalue weighted by molar-refractivity contribution is -0.128. The van der Waals surface area contributed by atoms with E-state index in [9.17, 15) is 9.90 Å². The highest BCUT2D eigenvalue weighted by atomic mass is 16.3. The van der Waals surface area contributed by atoms with Crippen LogP contribution in [0.15, 0.2) is 48.5 Å². The number of benzene rings is 2. The molecular weight excluding hydrogens is 372 g/mol. The Labute approximate surface area is 181 Å². The molecule has 1 aliphatic heterocycles. The van der Waals surface area contributed by atoms with Gasteiger partial charge in [-0.25, -0.2) is 0 Å². The number of para-hydroxylation sites is 1. The summed E-state index contributed by atoms with van der Waals surface area (Å²) in [6.07, 6.45) is 4.83. The van der Waals surface area contributed by atoms with Crippen molar-refractivity contribution in [2.45, 2.75) is 52.4 Å². The molecule has 0 aromatic heterocycles. The molecule has 1 unspecified atom stereocenters. The fourth-order valence-corrected chi connectivity index (χ4v) is 5.12. The Bertz CT molecular complexity index is 838. The summed E-state index contributed by atoms with van der Waals surface area (Å²) in [5.74, 6) is 0.924. The number of piperidine rings is 1. The fraction of sp³-hybridized carbons (Fsp3) is 0.500. The first-order chi connectivity index (χ1) is 14.5. The van der Waals surface area contributed by atoms with Gasteiger partial charge in [0.25, 0.3) is 0 Å². The molecule has 1 atom stereocenters. The van der Waals surface area contributed by atoms with Crippen molar-refractivity contribution in [2.75, 3.05) is 26.2 Å². The minimum absolute atomic E-state index is 0.162. The molecule has 30 heavy (non-hydrogen) atoms. The van der Waals surface area contributed by atoms with Crippen LogP contribution in [0.2, 0.25) is 0 Å². The van der Waals surface area contributed by atoms with Crippen molar-refractivity contribution in [3.8, 4) is 5.75 Å². The predicted octanol–water partition coefficient (Wildman–Crippen LogP) is 4.71. The van der Waals surface area contributed by atoms with E-state index in [0.717, 1.165) is 38.2 Å². The van der Waals surface area contributed by atoms with Crippen molar-refractivity contribution in [1.29, 1.82) is 0 Å². The second kappa shape index (κ2) is 10.1. The van der Waals surface area contributed by atoms with Crippen LogP contribution in [0.4, 0.5) is 0 Å². The lowest BCUT2D eigenvalue weighted by Gasteiger charge is -2.45. The molecule has 4 heteroatoms. The van der Waals surface area contributed by atoms with Crippen molar-refractivity contribution < 1.29 is 9.90 Å². The number of phenols is 1. The number of hydrogen-bond acceptors (Lipinski definition) is 3. The van der Waals surface area contributed by atoms with Gasteiger partial charge in [0.2, 0.25) is 5.91 Å². The van der Waals surface area contributed by atoms with E-state index >= 15 is 0 Å². The van der Waals surface area contributed by atoms with Gasteiger partial charge in [-0.15, -0.1) is 0 Å². The third-order valence-electron chi connectivity index (χ3n) is 6.82. The van der Waals surface area contributed by atoms with Gasteiger partial charge in [0, 0.05) is 31.5 Å². The third-order valence-corrected chi connectivity index (χ3v) is 6.82. The Kier molecular flexibility index (Phi) is 7.54. The highest BCUT2D eigenvalue weighted by Gasteiger charge is 2.40. The summed E-state index contributed by atoms with van der Waals surface area (Å²) < 4.78 is 0. The number of amides is 1. The van der Waals surface area contributed by atoms with E-state index in [1.807, 2.05) is 32.0 Å². The van der Waals surface area contributed by atoms with Crippen LogP contribution in [-0.2, 0) is 11.2 Å². The van der Waals surface area contributed by atoms with Gasteiger partial charge in [0.1, 0.15) is 5.75 Å². The Hall–Kier alpha value is -2.33. The molecule has 2 aliphatic rings. The van der Waals surface area contributed by atoms with Crippen molar-refractivity contribution in [3.05, 3.63) is 65.2 Å². The summed E-state index contributed by atoms with van der Waals surface area (Å²) in [7, 11) is 0. The summed E-state index contributed by atoms with van der Waals surface area (Å²) in [6, 6.07) is 16.7. The normalized spacial score (nSPS) is 19.4. The molecule has 1 amide bonds. The van der Waals surface area contributed by atoms with Crippen LogP contribution in [0.1, 0.15) is 62.6 Å². The maximum absolute atomic E-state index is 10.5. The number of carbonyl (C=O) groups is 1. The topological polar surface area (TPSA) is 52.6 Å². The average Bonchev–Trinajstić information content (AvgIpc) is 2.75. The van der Waals surface area contributed by atoms with Crippen LogP contribution in [0.3, 0.4) is 0 Å². The minimum atomic E-state index is 0.162. The van der Waals surface area contributed by atoms with Gasteiger partial charge in [0.15, 0.2) is 0 Å². The molecule has 2 aromatic carbocycles. The molecule has 2 aromatic rings. The second-order valence-corrected chi connectivity index (χ2v) is 8.63. The van der Waals surface area contributed by atoms with Crippen LogP contribution in [0, 0.1) is 5.41 Å². The first kappa shape index (κ1) is 22.4. The monoisotopic (exact) mass is 408 g/mol. The Morgan fingerprint density at radius 3 is 2.20 bits per heavy atom. The maximum atomic E-state index is 10.5. The molecule has 2 N–H and O–H groups in total. The Morgan fingerprint density at radius 1 is 1.03 bits per heavy atom. The number of nitrogens with one attached hydrogen (secondary N) is 1. The molecule has 1 fully saturated rings. The molecule has 162 valence electrons. The van der Waals surface area contributed by atoms with Gasteiger partial charge in [-0.1, -0.05) is 42.5 Å². The summed E-state index contributed by atoms with van der Waals surface area (Å²) in [5.41, 5.74) is 4.37. The third kappa shape index (κ3) is 5.04. The van der Waals surface area contributed by atoms with E-state index < -0.39 is 0 Å².